The van der Waals surface area contributed by atoms with Gasteiger partial charge in [-0.25, -0.2) is 0 Å². The fraction of sp³-hybridized carbons (Fsp3) is 0.667. The third-order valence-corrected chi connectivity index (χ3v) is 5.31. The van der Waals surface area contributed by atoms with Crippen molar-refractivity contribution in [1.82, 2.24) is 4.90 Å². The summed E-state index contributed by atoms with van der Waals surface area (Å²) in [5, 5.41) is 11.0. The lowest BCUT2D eigenvalue weighted by Gasteiger charge is -2.33. The molecule has 3 rings (SSSR count). The molecule has 1 unspecified atom stereocenters. The van der Waals surface area contributed by atoms with Gasteiger partial charge in [0.25, 0.3) is 0 Å². The van der Waals surface area contributed by atoms with Crippen LogP contribution >= 0.6 is 0 Å². The lowest BCUT2D eigenvalue weighted by Crippen LogP contribution is -2.37. The van der Waals surface area contributed by atoms with Crippen LogP contribution in [0.2, 0.25) is 0 Å². The molecule has 20 heavy (non-hydrogen) atoms. The average molecular weight is 273 g/mol. The first-order chi connectivity index (χ1) is 9.76. The average Bonchev–Trinajstić information content (AvgIpc) is 2.95. The van der Waals surface area contributed by atoms with Crippen LogP contribution in [0.5, 0.6) is 0 Å². The minimum atomic E-state index is -0.373. The van der Waals surface area contributed by atoms with Crippen molar-refractivity contribution in [3.8, 4) is 0 Å². The Hall–Kier alpha value is -0.860. The number of hydrogen-bond acceptors (Lipinski definition) is 2. The molecule has 1 heterocycles. The summed E-state index contributed by atoms with van der Waals surface area (Å²) in [6, 6.07) is 10.7. The first kappa shape index (κ1) is 14.1. The van der Waals surface area contributed by atoms with E-state index in [-0.39, 0.29) is 5.60 Å². The molecule has 0 amide bonds. The standard InChI is InChI=1S/C18H27NO/c20-18(17-9-4-5-10-17)11-6-13-19(14-12-18)15-16-7-2-1-3-8-16/h1-3,7-8,17,20H,4-6,9-15H2. The highest BCUT2D eigenvalue weighted by Crippen LogP contribution is 2.40. The van der Waals surface area contributed by atoms with Gasteiger partial charge in [-0.2, -0.15) is 0 Å². The summed E-state index contributed by atoms with van der Waals surface area (Å²) in [6.07, 6.45) is 8.24. The first-order valence-electron chi connectivity index (χ1n) is 8.25. The molecular formula is C18H27NO. The highest BCUT2D eigenvalue weighted by Gasteiger charge is 2.39. The molecule has 2 nitrogen and oxygen atoms in total. The molecule has 1 aliphatic carbocycles. The zero-order valence-corrected chi connectivity index (χ0v) is 12.4. The van der Waals surface area contributed by atoms with Gasteiger partial charge < -0.3 is 5.11 Å². The monoisotopic (exact) mass is 273 g/mol. The van der Waals surface area contributed by atoms with Crippen LogP contribution in [0.4, 0.5) is 0 Å². The molecule has 0 bridgehead atoms. The summed E-state index contributed by atoms with van der Waals surface area (Å²) >= 11 is 0. The van der Waals surface area contributed by atoms with Crippen molar-refractivity contribution >= 4 is 0 Å². The van der Waals surface area contributed by atoms with Gasteiger partial charge >= 0.3 is 0 Å². The Bertz CT molecular complexity index is 413. The topological polar surface area (TPSA) is 23.5 Å². The smallest absolute Gasteiger partial charge is 0.0688 e. The molecule has 1 aliphatic heterocycles. The summed E-state index contributed by atoms with van der Waals surface area (Å²) < 4.78 is 0. The number of aliphatic hydroxyl groups is 1. The van der Waals surface area contributed by atoms with E-state index in [0.29, 0.717) is 5.92 Å². The number of rotatable bonds is 3. The van der Waals surface area contributed by atoms with Gasteiger partial charge in [-0.3, -0.25) is 4.90 Å². The van der Waals surface area contributed by atoms with E-state index in [1.54, 1.807) is 0 Å². The molecule has 1 atom stereocenters. The van der Waals surface area contributed by atoms with E-state index in [1.165, 1.54) is 31.2 Å². The molecule has 0 spiro atoms. The fourth-order valence-corrected chi connectivity index (χ4v) is 4.07. The van der Waals surface area contributed by atoms with Crippen molar-refractivity contribution in [2.45, 2.75) is 57.1 Å². The zero-order chi connectivity index (χ0) is 13.8. The first-order valence-corrected chi connectivity index (χ1v) is 8.25. The number of nitrogens with zero attached hydrogens (tertiary/aromatic N) is 1. The van der Waals surface area contributed by atoms with E-state index >= 15 is 0 Å². The Balaban J connectivity index is 1.59. The predicted molar refractivity (Wildman–Crippen MR) is 82.5 cm³/mol. The molecule has 2 aliphatic rings. The summed E-state index contributed by atoms with van der Waals surface area (Å²) in [5.41, 5.74) is 1.01. The molecule has 1 saturated carbocycles. The molecule has 2 heteroatoms. The van der Waals surface area contributed by atoms with Crippen LogP contribution < -0.4 is 0 Å². The molecule has 1 aromatic carbocycles. The minimum Gasteiger partial charge on any atom is -0.390 e. The summed E-state index contributed by atoms with van der Waals surface area (Å²) in [5.74, 6) is 0.569. The molecule has 0 radical (unpaired) electrons. The molecule has 1 N–H and O–H groups in total. The lowest BCUT2D eigenvalue weighted by molar-refractivity contribution is -0.0290. The fourth-order valence-electron chi connectivity index (χ4n) is 4.07. The van der Waals surface area contributed by atoms with Crippen molar-refractivity contribution in [1.29, 1.82) is 0 Å². The Labute approximate surface area is 122 Å². The normalized spacial score (nSPS) is 29.4. The van der Waals surface area contributed by atoms with Crippen LogP contribution in [0.1, 0.15) is 50.5 Å². The molecule has 110 valence electrons. The zero-order valence-electron chi connectivity index (χ0n) is 12.4. The van der Waals surface area contributed by atoms with Gasteiger partial charge in [0.1, 0.15) is 0 Å². The summed E-state index contributed by atoms with van der Waals surface area (Å²) in [4.78, 5) is 2.52. The van der Waals surface area contributed by atoms with Crippen LogP contribution in [0.25, 0.3) is 0 Å². The van der Waals surface area contributed by atoms with Crippen LogP contribution in [0, 0.1) is 5.92 Å². The van der Waals surface area contributed by atoms with Crippen molar-refractivity contribution in [3.05, 3.63) is 35.9 Å². The van der Waals surface area contributed by atoms with Gasteiger partial charge in [0.05, 0.1) is 5.60 Å². The Morgan fingerprint density at radius 2 is 1.75 bits per heavy atom. The minimum absolute atomic E-state index is 0.373. The quantitative estimate of drug-likeness (QED) is 0.909. The Morgan fingerprint density at radius 1 is 1.00 bits per heavy atom. The van der Waals surface area contributed by atoms with Crippen molar-refractivity contribution in [2.75, 3.05) is 13.1 Å². The summed E-state index contributed by atoms with van der Waals surface area (Å²) in [7, 11) is 0. The van der Waals surface area contributed by atoms with E-state index in [0.717, 1.165) is 38.9 Å². The van der Waals surface area contributed by atoms with Gasteiger partial charge in [-0.15, -0.1) is 0 Å². The van der Waals surface area contributed by atoms with Crippen LogP contribution in [0.15, 0.2) is 30.3 Å². The number of benzene rings is 1. The maximum Gasteiger partial charge on any atom is 0.0688 e. The SMILES string of the molecule is OC1(C2CCCC2)CCCN(Cc2ccccc2)CC1. The van der Waals surface area contributed by atoms with E-state index < -0.39 is 0 Å². The third-order valence-electron chi connectivity index (χ3n) is 5.31. The summed E-state index contributed by atoms with van der Waals surface area (Å²) in [6.45, 7) is 3.20. The molecular weight excluding hydrogens is 246 g/mol. The highest BCUT2D eigenvalue weighted by atomic mass is 16.3. The lowest BCUT2D eigenvalue weighted by atomic mass is 9.80. The third kappa shape index (κ3) is 3.24. The number of hydrogen-bond donors (Lipinski definition) is 1. The van der Waals surface area contributed by atoms with Gasteiger partial charge in [-0.05, 0) is 50.1 Å². The van der Waals surface area contributed by atoms with E-state index in [1.807, 2.05) is 0 Å². The van der Waals surface area contributed by atoms with Crippen molar-refractivity contribution in [3.63, 3.8) is 0 Å². The van der Waals surface area contributed by atoms with Crippen molar-refractivity contribution in [2.24, 2.45) is 5.92 Å². The van der Waals surface area contributed by atoms with Crippen LogP contribution in [0.3, 0.4) is 0 Å². The van der Waals surface area contributed by atoms with Gasteiger partial charge in [0.2, 0.25) is 0 Å². The van der Waals surface area contributed by atoms with Crippen LogP contribution in [-0.2, 0) is 6.54 Å². The number of likely N-dealkylation sites (tertiary alicyclic amines) is 1. The van der Waals surface area contributed by atoms with Gasteiger partial charge in [0.15, 0.2) is 0 Å². The van der Waals surface area contributed by atoms with E-state index in [4.69, 9.17) is 0 Å². The molecule has 0 aromatic heterocycles. The van der Waals surface area contributed by atoms with Gasteiger partial charge in [-0.1, -0.05) is 43.2 Å². The van der Waals surface area contributed by atoms with Gasteiger partial charge in [0, 0.05) is 13.1 Å². The second kappa shape index (κ2) is 6.28. The molecule has 1 aromatic rings. The largest absolute Gasteiger partial charge is 0.390 e. The molecule has 2 fully saturated rings. The van der Waals surface area contributed by atoms with Crippen molar-refractivity contribution < 1.29 is 5.11 Å². The van der Waals surface area contributed by atoms with E-state index in [9.17, 15) is 5.11 Å². The Morgan fingerprint density at radius 3 is 2.50 bits per heavy atom. The second-order valence-corrected chi connectivity index (χ2v) is 6.70. The maximum absolute atomic E-state index is 11.0. The van der Waals surface area contributed by atoms with Crippen LogP contribution in [-0.4, -0.2) is 28.7 Å². The Kier molecular flexibility index (Phi) is 4.42. The molecule has 1 saturated heterocycles. The van der Waals surface area contributed by atoms with E-state index in [2.05, 4.69) is 35.2 Å². The maximum atomic E-state index is 11.0. The predicted octanol–water partition coefficient (Wildman–Crippen LogP) is 3.59. The second-order valence-electron chi connectivity index (χ2n) is 6.70. The highest BCUT2D eigenvalue weighted by molar-refractivity contribution is 5.14.